The number of nitrogens with one attached hydrogen (secondary N) is 2. The molecule has 160 valence electrons. The zero-order chi connectivity index (χ0) is 21.9. The Bertz CT molecular complexity index is 1060. The van der Waals surface area contributed by atoms with Crippen LogP contribution in [0.15, 0.2) is 47.4 Å². The molecular formula is C19H18ClF2N3O4S. The fourth-order valence-electron chi connectivity index (χ4n) is 3.07. The summed E-state index contributed by atoms with van der Waals surface area (Å²) in [5.74, 6) is -3.44. The Morgan fingerprint density at radius 3 is 2.27 bits per heavy atom. The number of sulfonamides is 1. The number of halogens is 3. The number of hydrogen-bond donors (Lipinski definition) is 2. The third-order valence-electron chi connectivity index (χ3n) is 4.74. The van der Waals surface area contributed by atoms with E-state index in [1.54, 1.807) is 0 Å². The van der Waals surface area contributed by atoms with Crippen molar-refractivity contribution in [3.63, 3.8) is 0 Å². The van der Waals surface area contributed by atoms with E-state index in [0.717, 1.165) is 16.4 Å². The van der Waals surface area contributed by atoms with Crippen LogP contribution < -0.4 is 10.9 Å². The molecule has 1 saturated heterocycles. The Labute approximate surface area is 177 Å². The quantitative estimate of drug-likeness (QED) is 0.689. The van der Waals surface area contributed by atoms with Gasteiger partial charge in [0.15, 0.2) is 0 Å². The van der Waals surface area contributed by atoms with E-state index < -0.39 is 44.3 Å². The van der Waals surface area contributed by atoms with Crippen LogP contribution in [-0.2, 0) is 14.8 Å². The average Bonchev–Trinajstić information content (AvgIpc) is 2.74. The average molecular weight is 458 g/mol. The largest absolute Gasteiger partial charge is 0.273 e. The van der Waals surface area contributed by atoms with E-state index in [-0.39, 0.29) is 25.9 Å². The number of carbonyl (C=O) groups excluding carboxylic acids is 2. The van der Waals surface area contributed by atoms with Gasteiger partial charge in [-0.3, -0.25) is 20.4 Å². The zero-order valence-electron chi connectivity index (χ0n) is 15.6. The number of hydrogen-bond acceptors (Lipinski definition) is 4. The van der Waals surface area contributed by atoms with Gasteiger partial charge >= 0.3 is 0 Å². The molecule has 0 atom stereocenters. The van der Waals surface area contributed by atoms with E-state index in [2.05, 4.69) is 10.9 Å². The Balaban J connectivity index is 1.55. The molecule has 2 aromatic rings. The van der Waals surface area contributed by atoms with Gasteiger partial charge in [-0.05, 0) is 55.3 Å². The van der Waals surface area contributed by atoms with Gasteiger partial charge in [0.25, 0.3) is 5.91 Å². The number of carbonyl (C=O) groups is 2. The van der Waals surface area contributed by atoms with Gasteiger partial charge in [0.2, 0.25) is 15.9 Å². The lowest BCUT2D eigenvalue weighted by Crippen LogP contribution is -2.48. The van der Waals surface area contributed by atoms with Crippen LogP contribution in [0.25, 0.3) is 0 Å². The molecule has 1 heterocycles. The molecule has 11 heteroatoms. The van der Waals surface area contributed by atoms with Gasteiger partial charge in [0.05, 0.1) is 0 Å². The van der Waals surface area contributed by atoms with Gasteiger partial charge in [0, 0.05) is 29.6 Å². The number of rotatable bonds is 4. The summed E-state index contributed by atoms with van der Waals surface area (Å²) in [4.78, 5) is 23.6. The molecule has 0 bridgehead atoms. The van der Waals surface area contributed by atoms with E-state index in [4.69, 9.17) is 11.6 Å². The molecule has 0 unspecified atom stereocenters. The highest BCUT2D eigenvalue weighted by Gasteiger charge is 2.34. The smallest absolute Gasteiger partial charge is 0.269 e. The Morgan fingerprint density at radius 1 is 1.00 bits per heavy atom. The highest BCUT2D eigenvalue weighted by molar-refractivity contribution is 7.89. The first-order chi connectivity index (χ1) is 14.2. The van der Waals surface area contributed by atoms with Gasteiger partial charge < -0.3 is 0 Å². The normalized spacial score (nSPS) is 15.6. The van der Waals surface area contributed by atoms with Crippen molar-refractivity contribution in [3.05, 3.63) is 64.7 Å². The number of piperidine rings is 1. The third-order valence-corrected chi connectivity index (χ3v) is 6.91. The van der Waals surface area contributed by atoms with Crippen molar-refractivity contribution >= 4 is 33.4 Å². The van der Waals surface area contributed by atoms with Crippen LogP contribution >= 0.6 is 11.6 Å². The first kappa shape index (κ1) is 22.1. The van der Waals surface area contributed by atoms with Gasteiger partial charge in [-0.1, -0.05) is 11.6 Å². The van der Waals surface area contributed by atoms with E-state index in [1.165, 1.54) is 24.3 Å². The Hall–Kier alpha value is -2.56. The van der Waals surface area contributed by atoms with Crippen LogP contribution in [0.1, 0.15) is 23.2 Å². The summed E-state index contributed by atoms with van der Waals surface area (Å²) < 4.78 is 53.4. The van der Waals surface area contributed by atoms with Crippen LogP contribution in [0.5, 0.6) is 0 Å². The summed E-state index contributed by atoms with van der Waals surface area (Å²) in [6.07, 6.45) is 0.331. The molecule has 30 heavy (non-hydrogen) atoms. The van der Waals surface area contributed by atoms with E-state index in [1.807, 2.05) is 0 Å². The topological polar surface area (TPSA) is 95.6 Å². The van der Waals surface area contributed by atoms with Gasteiger partial charge in [0.1, 0.15) is 16.5 Å². The number of hydrazine groups is 1. The predicted molar refractivity (Wildman–Crippen MR) is 105 cm³/mol. The van der Waals surface area contributed by atoms with E-state index in [0.29, 0.717) is 16.7 Å². The first-order valence-electron chi connectivity index (χ1n) is 8.99. The fraction of sp³-hybridized carbons (Fsp3) is 0.263. The molecule has 3 rings (SSSR count). The molecule has 0 aromatic heterocycles. The van der Waals surface area contributed by atoms with Crippen molar-refractivity contribution in [2.24, 2.45) is 5.92 Å². The summed E-state index contributed by atoms with van der Waals surface area (Å²) in [5.41, 5.74) is 4.91. The third kappa shape index (κ3) is 4.94. The standard InChI is InChI=1S/C19H18ClF2N3O4S/c20-14-3-1-12(2-4-14)18(26)23-24-19(27)13-7-9-25(10-8-13)30(28,29)17-11-15(21)5-6-16(17)22/h1-6,11,13H,7-10H2,(H,23,26)(H,24,27). The van der Waals surface area contributed by atoms with Crippen molar-refractivity contribution in [1.29, 1.82) is 0 Å². The lowest BCUT2D eigenvalue weighted by Gasteiger charge is -2.30. The van der Waals surface area contributed by atoms with Crippen LogP contribution in [0.3, 0.4) is 0 Å². The maximum absolute atomic E-state index is 13.9. The molecule has 2 aromatic carbocycles. The molecule has 0 saturated carbocycles. The molecule has 0 aliphatic carbocycles. The monoisotopic (exact) mass is 457 g/mol. The highest BCUT2D eigenvalue weighted by atomic mass is 35.5. The predicted octanol–water partition coefficient (Wildman–Crippen LogP) is 2.48. The van der Waals surface area contributed by atoms with Gasteiger partial charge in [-0.2, -0.15) is 4.31 Å². The number of benzene rings is 2. The lowest BCUT2D eigenvalue weighted by atomic mass is 9.98. The summed E-state index contributed by atoms with van der Waals surface area (Å²) in [7, 11) is -4.22. The lowest BCUT2D eigenvalue weighted by molar-refractivity contribution is -0.126. The SMILES string of the molecule is O=C(NNC(=O)C1CCN(S(=O)(=O)c2cc(F)ccc2F)CC1)c1ccc(Cl)cc1. The fourth-order valence-corrected chi connectivity index (χ4v) is 4.74. The van der Waals surface area contributed by atoms with E-state index in [9.17, 15) is 26.8 Å². The molecule has 1 fully saturated rings. The van der Waals surface area contributed by atoms with Crippen molar-refractivity contribution in [2.45, 2.75) is 17.7 Å². The Kier molecular flexibility index (Phi) is 6.69. The highest BCUT2D eigenvalue weighted by Crippen LogP contribution is 2.26. The van der Waals surface area contributed by atoms with Crippen LogP contribution in [0.2, 0.25) is 5.02 Å². The summed E-state index contributed by atoms with van der Waals surface area (Å²) in [5, 5.41) is 0.468. The summed E-state index contributed by atoms with van der Waals surface area (Å²) in [6.45, 7) is -0.0803. The van der Waals surface area contributed by atoms with Gasteiger partial charge in [-0.15, -0.1) is 0 Å². The number of nitrogens with zero attached hydrogens (tertiary/aromatic N) is 1. The van der Waals surface area contributed by atoms with Crippen molar-refractivity contribution in [1.82, 2.24) is 15.2 Å². The van der Waals surface area contributed by atoms with Crippen molar-refractivity contribution < 1.29 is 26.8 Å². The maximum atomic E-state index is 13.9. The second kappa shape index (κ2) is 9.07. The second-order valence-electron chi connectivity index (χ2n) is 6.70. The minimum atomic E-state index is -4.22. The molecule has 2 amide bonds. The molecule has 0 spiro atoms. The zero-order valence-corrected chi connectivity index (χ0v) is 17.1. The minimum Gasteiger partial charge on any atom is -0.273 e. The molecule has 1 aliphatic heterocycles. The van der Waals surface area contributed by atoms with Crippen LogP contribution in [0, 0.1) is 17.6 Å². The van der Waals surface area contributed by atoms with Crippen molar-refractivity contribution in [2.75, 3.05) is 13.1 Å². The van der Waals surface area contributed by atoms with Crippen molar-refractivity contribution in [3.8, 4) is 0 Å². The molecule has 2 N–H and O–H groups in total. The second-order valence-corrected chi connectivity index (χ2v) is 9.05. The van der Waals surface area contributed by atoms with Crippen LogP contribution in [-0.4, -0.2) is 37.6 Å². The molecule has 1 aliphatic rings. The first-order valence-corrected chi connectivity index (χ1v) is 10.8. The molecular weight excluding hydrogens is 440 g/mol. The Morgan fingerprint density at radius 2 is 1.63 bits per heavy atom. The van der Waals surface area contributed by atoms with E-state index >= 15 is 0 Å². The van der Waals surface area contributed by atoms with Gasteiger partial charge in [-0.25, -0.2) is 17.2 Å². The molecule has 0 radical (unpaired) electrons. The minimum absolute atomic E-state index is 0.0402. The summed E-state index contributed by atoms with van der Waals surface area (Å²) in [6, 6.07) is 8.30. The van der Waals surface area contributed by atoms with Crippen LogP contribution in [0.4, 0.5) is 8.78 Å². The number of amides is 2. The summed E-state index contributed by atoms with van der Waals surface area (Å²) >= 11 is 5.76. The molecule has 7 nitrogen and oxygen atoms in total. The maximum Gasteiger partial charge on any atom is 0.269 e.